The lowest BCUT2D eigenvalue weighted by Crippen LogP contribution is -2.49. The van der Waals surface area contributed by atoms with Gasteiger partial charge in [0.1, 0.15) is 0 Å². The minimum atomic E-state index is -0.141. The van der Waals surface area contributed by atoms with Crippen LogP contribution in [-0.4, -0.2) is 46.9 Å². The molecule has 2 rings (SSSR count). The SMILES string of the molecule is CNC1CCCN(c2cc(OC)c(OC)c(OC)c2)C1=O. The van der Waals surface area contributed by atoms with E-state index >= 15 is 0 Å². The molecule has 1 amide bonds. The van der Waals surface area contributed by atoms with E-state index in [0.717, 1.165) is 18.5 Å². The van der Waals surface area contributed by atoms with Gasteiger partial charge in [-0.25, -0.2) is 0 Å². The van der Waals surface area contributed by atoms with Crippen molar-refractivity contribution in [1.29, 1.82) is 0 Å². The third kappa shape index (κ3) is 2.90. The zero-order valence-electron chi connectivity index (χ0n) is 12.9. The summed E-state index contributed by atoms with van der Waals surface area (Å²) in [5, 5.41) is 3.05. The molecule has 6 nitrogen and oxygen atoms in total. The molecule has 1 aromatic carbocycles. The van der Waals surface area contributed by atoms with Crippen molar-refractivity contribution in [3.05, 3.63) is 12.1 Å². The zero-order chi connectivity index (χ0) is 15.4. The summed E-state index contributed by atoms with van der Waals surface area (Å²) in [6, 6.07) is 3.46. The third-order valence-electron chi connectivity index (χ3n) is 3.75. The summed E-state index contributed by atoms with van der Waals surface area (Å²) in [4.78, 5) is 14.2. The molecule has 1 aliphatic heterocycles. The van der Waals surface area contributed by atoms with Crippen LogP contribution in [0.15, 0.2) is 12.1 Å². The molecule has 1 unspecified atom stereocenters. The third-order valence-corrected chi connectivity index (χ3v) is 3.75. The van der Waals surface area contributed by atoms with Crippen molar-refractivity contribution in [2.45, 2.75) is 18.9 Å². The molecular formula is C15H22N2O4. The van der Waals surface area contributed by atoms with E-state index in [-0.39, 0.29) is 11.9 Å². The van der Waals surface area contributed by atoms with Crippen LogP contribution in [0.4, 0.5) is 5.69 Å². The molecular weight excluding hydrogens is 272 g/mol. The first-order valence-corrected chi connectivity index (χ1v) is 6.94. The predicted octanol–water partition coefficient (Wildman–Crippen LogP) is 1.43. The maximum Gasteiger partial charge on any atom is 0.244 e. The van der Waals surface area contributed by atoms with E-state index in [1.165, 1.54) is 0 Å². The lowest BCUT2D eigenvalue weighted by molar-refractivity contribution is -0.121. The summed E-state index contributed by atoms with van der Waals surface area (Å²) < 4.78 is 16.0. The lowest BCUT2D eigenvalue weighted by Gasteiger charge is -2.32. The van der Waals surface area contributed by atoms with E-state index < -0.39 is 0 Å². The average molecular weight is 294 g/mol. The van der Waals surface area contributed by atoms with Gasteiger partial charge in [0.25, 0.3) is 0 Å². The van der Waals surface area contributed by atoms with Gasteiger partial charge < -0.3 is 24.4 Å². The number of nitrogens with one attached hydrogen (secondary N) is 1. The molecule has 0 radical (unpaired) electrons. The summed E-state index contributed by atoms with van der Waals surface area (Å²) in [7, 11) is 6.50. The van der Waals surface area contributed by atoms with Crippen LogP contribution in [0.2, 0.25) is 0 Å². The highest BCUT2D eigenvalue weighted by molar-refractivity contribution is 5.98. The Labute approximate surface area is 125 Å². The van der Waals surface area contributed by atoms with Gasteiger partial charge in [-0.3, -0.25) is 4.79 Å². The van der Waals surface area contributed by atoms with Gasteiger partial charge in [0.15, 0.2) is 11.5 Å². The first kappa shape index (κ1) is 15.4. The molecule has 0 bridgehead atoms. The number of amides is 1. The Kier molecular flexibility index (Phi) is 4.90. The zero-order valence-corrected chi connectivity index (χ0v) is 12.9. The second kappa shape index (κ2) is 6.67. The summed E-state index contributed by atoms with van der Waals surface area (Å²) in [5.41, 5.74) is 0.759. The van der Waals surface area contributed by atoms with Crippen LogP contribution in [0.25, 0.3) is 0 Å². The van der Waals surface area contributed by atoms with Gasteiger partial charge in [0, 0.05) is 18.7 Å². The normalized spacial score (nSPS) is 18.6. The largest absolute Gasteiger partial charge is 0.493 e. The van der Waals surface area contributed by atoms with Crippen LogP contribution in [0.1, 0.15) is 12.8 Å². The maximum atomic E-state index is 12.5. The van der Waals surface area contributed by atoms with Crippen molar-refractivity contribution in [1.82, 2.24) is 5.32 Å². The van der Waals surface area contributed by atoms with Crippen molar-refractivity contribution in [3.63, 3.8) is 0 Å². The molecule has 1 atom stereocenters. The molecule has 1 aromatic rings. The predicted molar refractivity (Wildman–Crippen MR) is 80.5 cm³/mol. The van der Waals surface area contributed by atoms with E-state index in [2.05, 4.69) is 5.32 Å². The number of hydrogen-bond donors (Lipinski definition) is 1. The maximum absolute atomic E-state index is 12.5. The van der Waals surface area contributed by atoms with Gasteiger partial charge in [-0.15, -0.1) is 0 Å². The smallest absolute Gasteiger partial charge is 0.244 e. The lowest BCUT2D eigenvalue weighted by atomic mass is 10.0. The Morgan fingerprint density at radius 2 is 1.76 bits per heavy atom. The van der Waals surface area contributed by atoms with Crippen LogP contribution in [0.3, 0.4) is 0 Å². The first-order valence-electron chi connectivity index (χ1n) is 6.94. The van der Waals surface area contributed by atoms with Crippen molar-refractivity contribution in [3.8, 4) is 17.2 Å². The molecule has 1 N–H and O–H groups in total. The van der Waals surface area contributed by atoms with Crippen LogP contribution >= 0.6 is 0 Å². The monoisotopic (exact) mass is 294 g/mol. The van der Waals surface area contributed by atoms with Gasteiger partial charge in [-0.2, -0.15) is 0 Å². The van der Waals surface area contributed by atoms with E-state index in [9.17, 15) is 4.79 Å². The Morgan fingerprint density at radius 3 is 2.24 bits per heavy atom. The standard InChI is InChI=1S/C15H22N2O4/c1-16-11-6-5-7-17(15(11)18)10-8-12(19-2)14(21-4)13(9-10)20-3/h8-9,11,16H,5-7H2,1-4H3. The molecule has 1 aliphatic rings. The summed E-state index contributed by atoms with van der Waals surface area (Å²) in [6.07, 6.45) is 1.81. The molecule has 0 spiro atoms. The number of methoxy groups -OCH3 is 3. The number of likely N-dealkylation sites (N-methyl/N-ethyl adjacent to an activating group) is 1. The van der Waals surface area contributed by atoms with Crippen LogP contribution in [0.5, 0.6) is 17.2 Å². The number of carbonyl (C=O) groups excluding carboxylic acids is 1. The number of anilines is 1. The number of rotatable bonds is 5. The Balaban J connectivity index is 2.41. The summed E-state index contributed by atoms with van der Waals surface area (Å²) in [5.74, 6) is 1.69. The number of nitrogens with zero attached hydrogens (tertiary/aromatic N) is 1. The fourth-order valence-electron chi connectivity index (χ4n) is 2.62. The second-order valence-corrected chi connectivity index (χ2v) is 4.86. The number of benzene rings is 1. The van der Waals surface area contributed by atoms with Crippen molar-refractivity contribution < 1.29 is 19.0 Å². The van der Waals surface area contributed by atoms with Crippen molar-refractivity contribution in [2.75, 3.05) is 39.8 Å². The molecule has 0 saturated carbocycles. The number of piperidine rings is 1. The van der Waals surface area contributed by atoms with Gasteiger partial charge in [-0.05, 0) is 19.9 Å². The van der Waals surface area contributed by atoms with E-state index in [0.29, 0.717) is 23.8 Å². The minimum Gasteiger partial charge on any atom is -0.493 e. The fourth-order valence-corrected chi connectivity index (χ4v) is 2.62. The number of hydrogen-bond acceptors (Lipinski definition) is 5. The molecule has 6 heteroatoms. The van der Waals surface area contributed by atoms with Gasteiger partial charge in [0.2, 0.25) is 11.7 Å². The van der Waals surface area contributed by atoms with E-state index in [1.807, 2.05) is 0 Å². The highest BCUT2D eigenvalue weighted by Crippen LogP contribution is 2.41. The summed E-state index contributed by atoms with van der Waals surface area (Å²) >= 11 is 0. The van der Waals surface area contributed by atoms with Crippen LogP contribution in [0, 0.1) is 0 Å². The highest BCUT2D eigenvalue weighted by atomic mass is 16.5. The Morgan fingerprint density at radius 1 is 1.14 bits per heavy atom. The first-order chi connectivity index (χ1) is 10.2. The summed E-state index contributed by atoms with van der Waals surface area (Å²) in [6.45, 7) is 0.690. The topological polar surface area (TPSA) is 60.0 Å². The highest BCUT2D eigenvalue weighted by Gasteiger charge is 2.29. The fraction of sp³-hybridized carbons (Fsp3) is 0.533. The number of ether oxygens (including phenoxy) is 3. The molecule has 1 heterocycles. The molecule has 1 fully saturated rings. The Hall–Kier alpha value is -1.95. The van der Waals surface area contributed by atoms with E-state index in [4.69, 9.17) is 14.2 Å². The molecule has 116 valence electrons. The van der Waals surface area contributed by atoms with Crippen molar-refractivity contribution >= 4 is 11.6 Å². The van der Waals surface area contributed by atoms with E-state index in [1.54, 1.807) is 45.4 Å². The second-order valence-electron chi connectivity index (χ2n) is 4.86. The van der Waals surface area contributed by atoms with Crippen molar-refractivity contribution in [2.24, 2.45) is 0 Å². The molecule has 0 aliphatic carbocycles. The van der Waals surface area contributed by atoms with Gasteiger partial charge >= 0.3 is 0 Å². The minimum absolute atomic E-state index is 0.0676. The molecule has 1 saturated heterocycles. The number of carbonyl (C=O) groups is 1. The quantitative estimate of drug-likeness (QED) is 0.890. The molecule has 0 aromatic heterocycles. The van der Waals surface area contributed by atoms with Crippen LogP contribution in [-0.2, 0) is 4.79 Å². The Bertz CT molecular complexity index is 493. The van der Waals surface area contributed by atoms with Gasteiger partial charge in [-0.1, -0.05) is 0 Å². The van der Waals surface area contributed by atoms with Crippen LogP contribution < -0.4 is 24.4 Å². The van der Waals surface area contributed by atoms with Gasteiger partial charge in [0.05, 0.1) is 33.1 Å². The molecule has 21 heavy (non-hydrogen) atoms. The average Bonchev–Trinajstić information content (AvgIpc) is 2.53.